The van der Waals surface area contributed by atoms with Crippen LogP contribution >= 0.6 is 0 Å². The monoisotopic (exact) mass is 508 g/mol. The number of ether oxygens (including phenoxy) is 3. The van der Waals surface area contributed by atoms with Gasteiger partial charge in [-0.2, -0.15) is 5.26 Å². The molecular weight excluding hydrogens is 476 g/mol. The first-order chi connectivity index (χ1) is 17.8. The molecule has 0 aromatic heterocycles. The second-order valence-electron chi connectivity index (χ2n) is 8.14. The number of hydrogen-bond acceptors (Lipinski definition) is 8. The van der Waals surface area contributed by atoms with Crippen LogP contribution in [0.4, 0.5) is 0 Å². The van der Waals surface area contributed by atoms with Gasteiger partial charge in [0.2, 0.25) is 11.8 Å². The van der Waals surface area contributed by atoms with E-state index in [1.807, 2.05) is 36.4 Å². The fraction of sp³-hybridized carbons (Fsp3) is 0.333. The molecule has 0 aliphatic rings. The van der Waals surface area contributed by atoms with Gasteiger partial charge in [-0.15, -0.1) is 0 Å². The molecule has 3 atom stereocenters. The summed E-state index contributed by atoms with van der Waals surface area (Å²) in [6.45, 7) is 1.39. The fourth-order valence-corrected chi connectivity index (χ4v) is 3.37. The van der Waals surface area contributed by atoms with Crippen LogP contribution in [0.5, 0.6) is 11.5 Å². The zero-order valence-corrected chi connectivity index (χ0v) is 21.1. The van der Waals surface area contributed by atoms with E-state index in [1.165, 1.54) is 27.2 Å². The Bertz CT molecular complexity index is 1130. The van der Waals surface area contributed by atoms with Crippen LogP contribution in [0.15, 0.2) is 54.6 Å². The zero-order valence-electron chi connectivity index (χ0n) is 21.1. The number of nitrogens with two attached hydrogens (primary N) is 1. The summed E-state index contributed by atoms with van der Waals surface area (Å²) in [6.07, 6.45) is 2.72. The van der Waals surface area contributed by atoms with E-state index in [0.717, 1.165) is 5.56 Å². The van der Waals surface area contributed by atoms with E-state index in [9.17, 15) is 14.4 Å². The smallest absolute Gasteiger partial charge is 0.245 e. The molecule has 2 amide bonds. The van der Waals surface area contributed by atoms with Crippen LogP contribution in [0.2, 0.25) is 0 Å². The lowest BCUT2D eigenvalue weighted by molar-refractivity contribution is -0.131. The molecule has 0 radical (unpaired) electrons. The van der Waals surface area contributed by atoms with Crippen LogP contribution in [-0.4, -0.2) is 56.5 Å². The lowest BCUT2D eigenvalue weighted by atomic mass is 10.0. The maximum Gasteiger partial charge on any atom is 0.245 e. The van der Waals surface area contributed by atoms with Gasteiger partial charge < -0.3 is 30.6 Å². The first kappa shape index (κ1) is 29.0. The Labute approximate surface area is 216 Å². The van der Waals surface area contributed by atoms with Gasteiger partial charge in [-0.3, -0.25) is 14.4 Å². The van der Waals surface area contributed by atoms with Crippen molar-refractivity contribution in [2.75, 3.05) is 20.8 Å². The third-order valence-corrected chi connectivity index (χ3v) is 5.25. The maximum atomic E-state index is 13.0. The number of carbonyl (C=O) groups is 3. The molecule has 0 saturated heterocycles. The molecule has 4 N–H and O–H groups in total. The first-order valence-corrected chi connectivity index (χ1v) is 11.6. The molecule has 0 fully saturated rings. The van der Waals surface area contributed by atoms with Crippen LogP contribution in [0, 0.1) is 11.3 Å². The molecule has 0 bridgehead atoms. The van der Waals surface area contributed by atoms with Gasteiger partial charge in [-0.05, 0) is 29.3 Å². The first-order valence-electron chi connectivity index (χ1n) is 11.6. The number of rotatable bonds is 14. The van der Waals surface area contributed by atoms with E-state index in [-0.39, 0.29) is 19.6 Å². The van der Waals surface area contributed by atoms with Crippen molar-refractivity contribution in [2.24, 2.45) is 5.73 Å². The molecule has 0 saturated carbocycles. The van der Waals surface area contributed by atoms with Crippen molar-refractivity contribution in [3.05, 3.63) is 65.7 Å². The molecule has 37 heavy (non-hydrogen) atoms. The van der Waals surface area contributed by atoms with Crippen LogP contribution in [0.25, 0.3) is 6.08 Å². The Kier molecular flexibility index (Phi) is 11.8. The number of hydrogen-bond donors (Lipinski definition) is 3. The summed E-state index contributed by atoms with van der Waals surface area (Å²) in [5.74, 6) is -0.517. The lowest BCUT2D eigenvalue weighted by Gasteiger charge is -2.22. The molecule has 0 heterocycles. The number of amides is 2. The van der Waals surface area contributed by atoms with E-state index in [1.54, 1.807) is 24.3 Å². The molecule has 2 unspecified atom stereocenters. The highest BCUT2D eigenvalue weighted by atomic mass is 16.5. The number of ketones is 1. The molecule has 0 spiro atoms. The van der Waals surface area contributed by atoms with E-state index in [2.05, 4.69) is 10.6 Å². The van der Waals surface area contributed by atoms with Gasteiger partial charge in [0.1, 0.15) is 6.04 Å². The number of methoxy groups -OCH3 is 2. The Morgan fingerprint density at radius 1 is 1.03 bits per heavy atom. The molecule has 0 aliphatic carbocycles. The maximum absolute atomic E-state index is 13.0. The zero-order chi connectivity index (χ0) is 27.2. The molecule has 196 valence electrons. The van der Waals surface area contributed by atoms with Crippen LogP contribution in [0.3, 0.4) is 0 Å². The van der Waals surface area contributed by atoms with E-state index >= 15 is 0 Å². The largest absolute Gasteiger partial charge is 0.493 e. The third-order valence-electron chi connectivity index (χ3n) is 5.25. The van der Waals surface area contributed by atoms with Crippen LogP contribution in [0.1, 0.15) is 24.5 Å². The summed E-state index contributed by atoms with van der Waals surface area (Å²) < 4.78 is 16.1. The van der Waals surface area contributed by atoms with Crippen molar-refractivity contribution >= 4 is 23.7 Å². The minimum atomic E-state index is -1.09. The second-order valence-corrected chi connectivity index (χ2v) is 8.14. The Morgan fingerprint density at radius 2 is 1.73 bits per heavy atom. The normalized spacial score (nSPS) is 13.2. The Hall–Kier alpha value is -4.20. The standard InChI is InChI=1S/C27H32N4O6/c1-18(32)30-23(17-37-16-20-7-5-4-6-8-20)27(34)31-22(14-21(29)15-28)24(33)11-9-19-10-12-25(35-2)26(13-19)36-3/h4-13,21-23H,14,16-17,29H2,1-3H3,(H,30,32)(H,31,34)/b11-9+/t21?,22?,23-/m1/s1. The van der Waals surface area contributed by atoms with Gasteiger partial charge in [0, 0.05) is 13.3 Å². The quantitative estimate of drug-likeness (QED) is 0.326. The van der Waals surface area contributed by atoms with Crippen LogP contribution in [-0.2, 0) is 25.7 Å². The molecule has 10 heteroatoms. The third kappa shape index (κ3) is 9.76. The lowest BCUT2D eigenvalue weighted by Crippen LogP contribution is -2.53. The highest BCUT2D eigenvalue weighted by molar-refractivity contribution is 6.00. The SMILES string of the molecule is COc1ccc(/C=C/C(=O)C(CC(N)C#N)NC(=O)[C@@H](COCc2ccccc2)NC(C)=O)cc1OC. The molecule has 2 aromatic carbocycles. The van der Waals surface area contributed by atoms with Gasteiger partial charge >= 0.3 is 0 Å². The topological polar surface area (TPSA) is 153 Å². The average molecular weight is 509 g/mol. The number of nitriles is 1. The number of benzene rings is 2. The second kappa shape index (κ2) is 15.0. The summed E-state index contributed by atoms with van der Waals surface area (Å²) in [4.78, 5) is 37.7. The van der Waals surface area contributed by atoms with E-state index in [4.69, 9.17) is 25.2 Å². The summed E-state index contributed by atoms with van der Waals surface area (Å²) >= 11 is 0. The van der Waals surface area contributed by atoms with E-state index in [0.29, 0.717) is 17.1 Å². The fourth-order valence-electron chi connectivity index (χ4n) is 3.37. The van der Waals surface area contributed by atoms with Crippen molar-refractivity contribution in [1.29, 1.82) is 5.26 Å². The summed E-state index contributed by atoms with van der Waals surface area (Å²) in [5, 5.41) is 14.3. The van der Waals surface area contributed by atoms with E-state index < -0.39 is 35.7 Å². The molecule has 2 rings (SSSR count). The summed E-state index contributed by atoms with van der Waals surface area (Å²) in [7, 11) is 3.02. The Morgan fingerprint density at radius 3 is 2.35 bits per heavy atom. The van der Waals surface area contributed by atoms with Gasteiger partial charge in [-0.1, -0.05) is 42.5 Å². The van der Waals surface area contributed by atoms with Crippen molar-refractivity contribution in [1.82, 2.24) is 10.6 Å². The molecular formula is C27H32N4O6. The Balaban J connectivity index is 2.13. The van der Waals surface area contributed by atoms with Gasteiger partial charge in [0.05, 0.1) is 45.6 Å². The minimum absolute atomic E-state index is 0.116. The molecule has 10 nitrogen and oxygen atoms in total. The predicted molar refractivity (Wildman–Crippen MR) is 137 cm³/mol. The van der Waals surface area contributed by atoms with Crippen molar-refractivity contribution in [3.8, 4) is 17.6 Å². The number of carbonyl (C=O) groups excluding carboxylic acids is 3. The molecule has 2 aromatic rings. The van der Waals surface area contributed by atoms with Crippen molar-refractivity contribution < 1.29 is 28.6 Å². The highest BCUT2D eigenvalue weighted by Gasteiger charge is 2.27. The van der Waals surface area contributed by atoms with Gasteiger partial charge in [0.25, 0.3) is 0 Å². The number of nitrogens with zero attached hydrogens (tertiary/aromatic N) is 1. The summed E-state index contributed by atoms with van der Waals surface area (Å²) in [5.41, 5.74) is 7.31. The average Bonchev–Trinajstić information content (AvgIpc) is 2.90. The molecule has 0 aliphatic heterocycles. The summed E-state index contributed by atoms with van der Waals surface area (Å²) in [6, 6.07) is 13.2. The number of nitrogens with one attached hydrogen (secondary N) is 2. The minimum Gasteiger partial charge on any atom is -0.493 e. The predicted octanol–water partition coefficient (Wildman–Crippen LogP) is 1.73. The van der Waals surface area contributed by atoms with Gasteiger partial charge in [0.15, 0.2) is 17.3 Å². The van der Waals surface area contributed by atoms with Crippen molar-refractivity contribution in [3.63, 3.8) is 0 Å². The van der Waals surface area contributed by atoms with Gasteiger partial charge in [-0.25, -0.2) is 0 Å². The van der Waals surface area contributed by atoms with Crippen LogP contribution < -0.4 is 25.8 Å². The van der Waals surface area contributed by atoms with Crippen molar-refractivity contribution in [2.45, 2.75) is 38.1 Å². The highest BCUT2D eigenvalue weighted by Crippen LogP contribution is 2.28.